The van der Waals surface area contributed by atoms with E-state index in [0.29, 0.717) is 41.7 Å². The average Bonchev–Trinajstić information content (AvgIpc) is 3.29. The molecule has 38 heavy (non-hydrogen) atoms. The number of methoxy groups -OCH3 is 2. The zero-order valence-corrected chi connectivity index (χ0v) is 20.8. The smallest absolute Gasteiger partial charge is 0.335 e. The van der Waals surface area contributed by atoms with Gasteiger partial charge in [-0.3, -0.25) is 14.9 Å². The van der Waals surface area contributed by atoms with Gasteiger partial charge in [0.05, 0.1) is 26.5 Å². The van der Waals surface area contributed by atoms with Gasteiger partial charge in [0.15, 0.2) is 11.5 Å². The van der Waals surface area contributed by atoms with Gasteiger partial charge >= 0.3 is 6.03 Å². The van der Waals surface area contributed by atoms with Crippen molar-refractivity contribution in [3.63, 3.8) is 0 Å². The van der Waals surface area contributed by atoms with Crippen molar-refractivity contribution in [2.24, 2.45) is 0 Å². The molecule has 9 heteroatoms. The third kappa shape index (κ3) is 4.69. The minimum absolute atomic E-state index is 0.145. The molecule has 0 aliphatic carbocycles. The first-order valence-electron chi connectivity index (χ1n) is 11.9. The molecular formula is C29H25N3O6. The fourth-order valence-corrected chi connectivity index (χ4v) is 4.35. The SMILES string of the molecule is COc1ccc(N2C(=O)NC(=O)/C(=C\c3cn(CCOc4ccccc4OC)c4ccccc34)C2=O)cc1. The van der Waals surface area contributed by atoms with Crippen molar-refractivity contribution >= 4 is 40.5 Å². The Balaban J connectivity index is 1.44. The van der Waals surface area contributed by atoms with E-state index < -0.39 is 17.8 Å². The van der Waals surface area contributed by atoms with Gasteiger partial charge in [-0.05, 0) is 48.5 Å². The Morgan fingerprint density at radius 1 is 0.842 bits per heavy atom. The molecular weight excluding hydrogens is 486 g/mol. The number of imide groups is 2. The summed E-state index contributed by atoms with van der Waals surface area (Å²) in [5.74, 6) is 0.406. The first kappa shape index (κ1) is 24.6. The Morgan fingerprint density at radius 2 is 1.55 bits per heavy atom. The number of benzene rings is 3. The van der Waals surface area contributed by atoms with E-state index in [1.807, 2.05) is 59.3 Å². The van der Waals surface area contributed by atoms with Crippen LogP contribution in [0.4, 0.5) is 10.5 Å². The van der Waals surface area contributed by atoms with E-state index in [-0.39, 0.29) is 5.57 Å². The van der Waals surface area contributed by atoms with E-state index in [2.05, 4.69) is 5.32 Å². The number of para-hydroxylation sites is 3. The number of rotatable bonds is 8. The van der Waals surface area contributed by atoms with Gasteiger partial charge in [-0.2, -0.15) is 0 Å². The number of hydrogen-bond donors (Lipinski definition) is 1. The van der Waals surface area contributed by atoms with Crippen LogP contribution in [-0.2, 0) is 16.1 Å². The molecule has 1 aliphatic rings. The fourth-order valence-electron chi connectivity index (χ4n) is 4.35. The molecule has 0 saturated carbocycles. The molecule has 1 saturated heterocycles. The van der Waals surface area contributed by atoms with E-state index in [9.17, 15) is 14.4 Å². The fraction of sp³-hybridized carbons (Fsp3) is 0.138. The Bertz CT molecular complexity index is 1550. The molecule has 4 aromatic rings. The molecule has 0 unspecified atom stereocenters. The number of anilines is 1. The van der Waals surface area contributed by atoms with Crippen molar-refractivity contribution in [1.29, 1.82) is 0 Å². The number of ether oxygens (including phenoxy) is 3. The van der Waals surface area contributed by atoms with Crippen molar-refractivity contribution in [1.82, 2.24) is 9.88 Å². The summed E-state index contributed by atoms with van der Waals surface area (Å²) in [7, 11) is 3.11. The van der Waals surface area contributed by atoms with Crippen LogP contribution < -0.4 is 24.4 Å². The van der Waals surface area contributed by atoms with Crippen LogP contribution in [-0.4, -0.2) is 43.2 Å². The predicted octanol–water partition coefficient (Wildman–Crippen LogP) is 4.40. The van der Waals surface area contributed by atoms with E-state index in [1.165, 1.54) is 13.2 Å². The zero-order valence-electron chi connectivity index (χ0n) is 20.8. The lowest BCUT2D eigenvalue weighted by molar-refractivity contribution is -0.122. The Kier molecular flexibility index (Phi) is 6.82. The summed E-state index contributed by atoms with van der Waals surface area (Å²) >= 11 is 0. The molecule has 1 aliphatic heterocycles. The highest BCUT2D eigenvalue weighted by molar-refractivity contribution is 6.39. The van der Waals surface area contributed by atoms with Crippen LogP contribution >= 0.6 is 0 Å². The summed E-state index contributed by atoms with van der Waals surface area (Å²) in [6.07, 6.45) is 3.37. The molecule has 5 rings (SSSR count). The summed E-state index contributed by atoms with van der Waals surface area (Å²) in [6, 6.07) is 20.7. The molecule has 2 heterocycles. The topological polar surface area (TPSA) is 99.1 Å². The quantitative estimate of drug-likeness (QED) is 0.278. The molecule has 1 N–H and O–H groups in total. The summed E-state index contributed by atoms with van der Waals surface area (Å²) < 4.78 is 18.4. The monoisotopic (exact) mass is 511 g/mol. The Morgan fingerprint density at radius 3 is 2.29 bits per heavy atom. The maximum Gasteiger partial charge on any atom is 0.335 e. The maximum atomic E-state index is 13.3. The van der Waals surface area contributed by atoms with E-state index >= 15 is 0 Å². The highest BCUT2D eigenvalue weighted by atomic mass is 16.5. The van der Waals surface area contributed by atoms with Gasteiger partial charge in [-0.1, -0.05) is 30.3 Å². The Labute approximate surface area is 218 Å². The molecule has 0 radical (unpaired) electrons. The third-order valence-corrected chi connectivity index (χ3v) is 6.21. The number of hydrogen-bond acceptors (Lipinski definition) is 6. The maximum absolute atomic E-state index is 13.3. The van der Waals surface area contributed by atoms with E-state index in [0.717, 1.165) is 15.8 Å². The van der Waals surface area contributed by atoms with Crippen LogP contribution in [0.3, 0.4) is 0 Å². The van der Waals surface area contributed by atoms with Gasteiger partial charge in [0.2, 0.25) is 0 Å². The lowest BCUT2D eigenvalue weighted by Gasteiger charge is -2.26. The first-order valence-corrected chi connectivity index (χ1v) is 11.9. The van der Waals surface area contributed by atoms with Crippen molar-refractivity contribution < 1.29 is 28.6 Å². The molecule has 9 nitrogen and oxygen atoms in total. The van der Waals surface area contributed by atoms with Gasteiger partial charge in [-0.25, -0.2) is 9.69 Å². The van der Waals surface area contributed by atoms with Gasteiger partial charge in [0.1, 0.15) is 17.9 Å². The van der Waals surface area contributed by atoms with Gasteiger partial charge in [-0.15, -0.1) is 0 Å². The molecule has 4 amide bonds. The van der Waals surface area contributed by atoms with Crippen molar-refractivity contribution in [2.45, 2.75) is 6.54 Å². The van der Waals surface area contributed by atoms with Crippen LogP contribution in [0.15, 0.2) is 84.6 Å². The molecule has 0 bridgehead atoms. The Hall–Kier alpha value is -5.05. The van der Waals surface area contributed by atoms with Gasteiger partial charge in [0, 0.05) is 22.7 Å². The lowest BCUT2D eigenvalue weighted by Crippen LogP contribution is -2.54. The van der Waals surface area contributed by atoms with Crippen LogP contribution in [0.25, 0.3) is 17.0 Å². The summed E-state index contributed by atoms with van der Waals surface area (Å²) in [6.45, 7) is 0.882. The van der Waals surface area contributed by atoms with Crippen LogP contribution in [0.2, 0.25) is 0 Å². The normalized spacial score (nSPS) is 14.6. The number of carbonyl (C=O) groups excluding carboxylic acids is 3. The number of fused-ring (bicyclic) bond motifs is 1. The van der Waals surface area contributed by atoms with Gasteiger partial charge in [0.25, 0.3) is 11.8 Å². The van der Waals surface area contributed by atoms with Crippen molar-refractivity contribution in [2.75, 3.05) is 25.7 Å². The highest BCUT2D eigenvalue weighted by Crippen LogP contribution is 2.29. The summed E-state index contributed by atoms with van der Waals surface area (Å²) in [5, 5.41) is 3.12. The number of nitrogens with one attached hydrogen (secondary N) is 1. The summed E-state index contributed by atoms with van der Waals surface area (Å²) in [5.41, 5.74) is 1.76. The molecule has 0 spiro atoms. The molecule has 0 atom stereocenters. The molecule has 3 aromatic carbocycles. The first-order chi connectivity index (χ1) is 18.5. The highest BCUT2D eigenvalue weighted by Gasteiger charge is 2.37. The molecule has 1 fully saturated rings. The number of aromatic nitrogens is 1. The summed E-state index contributed by atoms with van der Waals surface area (Å²) in [4.78, 5) is 39.6. The van der Waals surface area contributed by atoms with Crippen LogP contribution in [0.5, 0.6) is 17.2 Å². The second-order valence-electron chi connectivity index (χ2n) is 8.45. The standard InChI is InChI=1S/C29H25N3O6/c1-36-21-13-11-20(12-14-21)32-28(34)23(27(33)30-29(32)35)17-19-18-31(24-8-4-3-7-22(19)24)15-16-38-26-10-6-5-9-25(26)37-2/h3-14,17-18H,15-16H2,1-2H3,(H,30,33,35)/b23-17+. The van der Waals surface area contributed by atoms with Crippen LogP contribution in [0.1, 0.15) is 5.56 Å². The zero-order chi connectivity index (χ0) is 26.6. The van der Waals surface area contributed by atoms with Crippen LogP contribution in [0, 0.1) is 0 Å². The minimum atomic E-state index is -0.807. The lowest BCUT2D eigenvalue weighted by atomic mass is 10.1. The van der Waals surface area contributed by atoms with E-state index in [1.54, 1.807) is 31.4 Å². The number of nitrogens with zero attached hydrogens (tertiary/aromatic N) is 2. The largest absolute Gasteiger partial charge is 0.497 e. The number of barbiturate groups is 1. The van der Waals surface area contributed by atoms with Crippen molar-refractivity contribution in [3.8, 4) is 17.2 Å². The third-order valence-electron chi connectivity index (χ3n) is 6.21. The minimum Gasteiger partial charge on any atom is -0.497 e. The number of carbonyl (C=O) groups is 3. The second-order valence-corrected chi connectivity index (χ2v) is 8.45. The van der Waals surface area contributed by atoms with Crippen molar-refractivity contribution in [3.05, 3.63) is 90.1 Å². The molecule has 192 valence electrons. The predicted molar refractivity (Wildman–Crippen MR) is 142 cm³/mol. The average molecular weight is 512 g/mol. The van der Waals surface area contributed by atoms with Gasteiger partial charge < -0.3 is 18.8 Å². The molecule has 1 aromatic heterocycles. The number of amides is 4. The number of urea groups is 1. The van der Waals surface area contributed by atoms with E-state index in [4.69, 9.17) is 14.2 Å². The second kappa shape index (κ2) is 10.5.